The van der Waals surface area contributed by atoms with Crippen molar-refractivity contribution in [2.45, 2.75) is 19.5 Å². The minimum absolute atomic E-state index is 0.0626. The third-order valence-electron chi connectivity index (χ3n) is 2.81. The van der Waals surface area contributed by atoms with Gasteiger partial charge in [-0.3, -0.25) is 9.11 Å². The minimum atomic E-state index is -0.838. The van der Waals surface area contributed by atoms with E-state index >= 15 is 0 Å². The second-order valence-electron chi connectivity index (χ2n) is 4.43. The highest BCUT2D eigenvalue weighted by Crippen LogP contribution is 2.12. The first-order valence-corrected chi connectivity index (χ1v) is 7.35. The largest absolute Gasteiger partial charge is 0.299 e. The lowest BCUT2D eigenvalue weighted by molar-refractivity contribution is 0.268. The second-order valence-corrected chi connectivity index (χ2v) is 5.91. The maximum Gasteiger partial charge on any atom is 0.140 e. The lowest BCUT2D eigenvalue weighted by Crippen LogP contribution is -2.32. The molecule has 0 amide bonds. The van der Waals surface area contributed by atoms with Crippen LogP contribution in [0.1, 0.15) is 18.1 Å². The Hall–Kier alpha value is -1.25. The van der Waals surface area contributed by atoms with Crippen molar-refractivity contribution in [3.05, 3.63) is 35.1 Å². The van der Waals surface area contributed by atoms with E-state index in [2.05, 4.69) is 0 Å². The minimum Gasteiger partial charge on any atom is -0.299 e. The zero-order valence-electron chi connectivity index (χ0n) is 10.8. The van der Waals surface area contributed by atoms with Gasteiger partial charge in [0.05, 0.1) is 5.56 Å². The lowest BCUT2D eigenvalue weighted by Gasteiger charge is -2.24. The number of hydrogen-bond acceptors (Lipinski definition) is 3. The fourth-order valence-corrected chi connectivity index (χ4v) is 2.60. The molecule has 5 heteroatoms. The summed E-state index contributed by atoms with van der Waals surface area (Å²) in [6, 6.07) is 6.54. The number of rotatable bonds is 5. The average Bonchev–Trinajstić information content (AvgIpc) is 2.30. The third kappa shape index (κ3) is 4.21. The van der Waals surface area contributed by atoms with Crippen LogP contribution in [-0.2, 0) is 17.3 Å². The Morgan fingerprint density at radius 1 is 1.56 bits per heavy atom. The highest BCUT2D eigenvalue weighted by atomic mass is 32.2. The van der Waals surface area contributed by atoms with Gasteiger partial charge in [-0.05, 0) is 31.7 Å². The van der Waals surface area contributed by atoms with Crippen molar-refractivity contribution >= 4 is 10.8 Å². The molecule has 0 bridgehead atoms. The van der Waals surface area contributed by atoms with Gasteiger partial charge in [0, 0.05) is 35.4 Å². The van der Waals surface area contributed by atoms with E-state index in [0.29, 0.717) is 12.3 Å². The molecule has 0 unspecified atom stereocenters. The van der Waals surface area contributed by atoms with Crippen LogP contribution in [-0.4, -0.2) is 34.2 Å². The monoisotopic (exact) mass is 268 g/mol. The molecule has 0 aliphatic heterocycles. The van der Waals surface area contributed by atoms with E-state index in [0.717, 1.165) is 5.56 Å². The molecule has 0 aliphatic rings. The predicted octanol–water partition coefficient (Wildman–Crippen LogP) is 1.90. The number of nitriles is 1. The summed E-state index contributed by atoms with van der Waals surface area (Å²) in [4.78, 5) is 2.04. The van der Waals surface area contributed by atoms with Crippen LogP contribution in [0.5, 0.6) is 0 Å². The number of benzene rings is 1. The molecule has 2 atom stereocenters. The van der Waals surface area contributed by atoms with Crippen molar-refractivity contribution < 1.29 is 8.60 Å². The van der Waals surface area contributed by atoms with Gasteiger partial charge in [-0.1, -0.05) is 6.07 Å². The molecular weight excluding hydrogens is 251 g/mol. The molecule has 3 nitrogen and oxygen atoms in total. The molecule has 0 saturated heterocycles. The molecule has 0 saturated carbocycles. The van der Waals surface area contributed by atoms with Crippen molar-refractivity contribution in [1.29, 1.82) is 5.26 Å². The number of halogens is 1. The normalized spacial score (nSPS) is 14.2. The van der Waals surface area contributed by atoms with Gasteiger partial charge < -0.3 is 0 Å². The Bertz CT molecular complexity index is 484. The first-order chi connectivity index (χ1) is 8.43. The molecule has 0 aromatic heterocycles. The Morgan fingerprint density at radius 3 is 2.78 bits per heavy atom. The summed E-state index contributed by atoms with van der Waals surface area (Å²) >= 11 is 0. The first-order valence-electron chi connectivity index (χ1n) is 5.63. The van der Waals surface area contributed by atoms with E-state index in [1.165, 1.54) is 6.07 Å². The van der Waals surface area contributed by atoms with Crippen molar-refractivity contribution in [3.8, 4) is 6.07 Å². The molecular formula is C13H17FN2OS. The maximum atomic E-state index is 13.2. The fourth-order valence-electron chi connectivity index (χ4n) is 1.67. The van der Waals surface area contributed by atoms with Crippen LogP contribution >= 0.6 is 0 Å². The summed E-state index contributed by atoms with van der Waals surface area (Å²) in [5.41, 5.74) is 0.941. The summed E-state index contributed by atoms with van der Waals surface area (Å²) < 4.78 is 24.3. The Balaban J connectivity index is 2.73. The van der Waals surface area contributed by atoms with Gasteiger partial charge in [-0.15, -0.1) is 0 Å². The summed E-state index contributed by atoms with van der Waals surface area (Å²) in [5.74, 6) is 0.106. The zero-order valence-corrected chi connectivity index (χ0v) is 11.6. The van der Waals surface area contributed by atoms with Crippen LogP contribution in [0.4, 0.5) is 4.39 Å². The van der Waals surface area contributed by atoms with Crippen LogP contribution < -0.4 is 0 Å². The molecule has 1 aromatic carbocycles. The van der Waals surface area contributed by atoms with Gasteiger partial charge in [0.15, 0.2) is 0 Å². The van der Waals surface area contributed by atoms with Crippen LogP contribution in [0, 0.1) is 17.1 Å². The fraction of sp³-hybridized carbons (Fsp3) is 0.462. The molecule has 0 aliphatic carbocycles. The number of hydrogen-bond donors (Lipinski definition) is 0. The van der Waals surface area contributed by atoms with E-state index in [4.69, 9.17) is 5.26 Å². The summed E-state index contributed by atoms with van der Waals surface area (Å²) in [5, 5.41) is 8.76. The third-order valence-corrected chi connectivity index (χ3v) is 3.76. The lowest BCUT2D eigenvalue weighted by atomic mass is 10.1. The summed E-state index contributed by atoms with van der Waals surface area (Å²) in [7, 11) is 1.09. The van der Waals surface area contributed by atoms with Gasteiger partial charge in [0.2, 0.25) is 0 Å². The van der Waals surface area contributed by atoms with E-state index in [1.807, 2.05) is 24.9 Å². The van der Waals surface area contributed by atoms with E-state index in [1.54, 1.807) is 18.4 Å². The van der Waals surface area contributed by atoms with Crippen LogP contribution in [0.2, 0.25) is 0 Å². The van der Waals surface area contributed by atoms with Crippen molar-refractivity contribution in [2.24, 2.45) is 0 Å². The van der Waals surface area contributed by atoms with Gasteiger partial charge in [-0.25, -0.2) is 4.39 Å². The van der Waals surface area contributed by atoms with E-state index in [-0.39, 0.29) is 11.6 Å². The molecule has 1 aromatic rings. The first kappa shape index (κ1) is 14.8. The van der Waals surface area contributed by atoms with Crippen LogP contribution in [0.3, 0.4) is 0 Å². The van der Waals surface area contributed by atoms with Crippen LogP contribution in [0.25, 0.3) is 0 Å². The summed E-state index contributed by atoms with van der Waals surface area (Å²) in [6.07, 6.45) is 1.68. The van der Waals surface area contributed by atoms with Gasteiger partial charge >= 0.3 is 0 Å². The maximum absolute atomic E-state index is 13.2. The second kappa shape index (κ2) is 6.62. The standard InChI is InChI=1S/C13H17FN2OS/c1-10(9-18(3)17)16(2)8-11-4-5-13(14)12(6-11)7-15/h4-6,10H,8-9H2,1-3H3/t10-,18-/m1/s1. The van der Waals surface area contributed by atoms with Crippen molar-refractivity contribution in [1.82, 2.24) is 4.90 Å². The van der Waals surface area contributed by atoms with Crippen molar-refractivity contribution in [3.63, 3.8) is 0 Å². The zero-order chi connectivity index (χ0) is 13.7. The Kier molecular flexibility index (Phi) is 5.45. The molecule has 0 N–H and O–H groups in total. The van der Waals surface area contributed by atoms with Crippen molar-refractivity contribution in [2.75, 3.05) is 19.1 Å². The highest BCUT2D eigenvalue weighted by molar-refractivity contribution is 7.84. The molecule has 0 heterocycles. The molecule has 1 rings (SSSR count). The smallest absolute Gasteiger partial charge is 0.140 e. The molecule has 18 heavy (non-hydrogen) atoms. The topological polar surface area (TPSA) is 44.1 Å². The average molecular weight is 268 g/mol. The Morgan fingerprint density at radius 2 is 2.22 bits per heavy atom. The van der Waals surface area contributed by atoms with E-state index in [9.17, 15) is 8.60 Å². The quantitative estimate of drug-likeness (QED) is 0.819. The van der Waals surface area contributed by atoms with Crippen LogP contribution in [0.15, 0.2) is 18.2 Å². The summed E-state index contributed by atoms with van der Waals surface area (Å²) in [6.45, 7) is 2.60. The van der Waals surface area contributed by atoms with Gasteiger partial charge in [-0.2, -0.15) is 5.26 Å². The molecule has 0 spiro atoms. The SMILES string of the molecule is C[C@H](C[S@@](C)=O)N(C)Cc1ccc(F)c(C#N)c1. The predicted molar refractivity (Wildman–Crippen MR) is 71.0 cm³/mol. The molecule has 98 valence electrons. The molecule has 0 fully saturated rings. The van der Waals surface area contributed by atoms with Gasteiger partial charge in [0.25, 0.3) is 0 Å². The van der Waals surface area contributed by atoms with E-state index < -0.39 is 16.6 Å². The Labute approximate surface area is 110 Å². The molecule has 0 radical (unpaired) electrons. The highest BCUT2D eigenvalue weighted by Gasteiger charge is 2.12. The van der Waals surface area contributed by atoms with Gasteiger partial charge in [0.1, 0.15) is 11.9 Å². The number of nitrogens with zero attached hydrogens (tertiary/aromatic N) is 2.